The van der Waals surface area contributed by atoms with E-state index in [1.54, 1.807) is 0 Å². The van der Waals surface area contributed by atoms with Gasteiger partial charge < -0.3 is 9.16 Å². The van der Waals surface area contributed by atoms with Gasteiger partial charge in [0.05, 0.1) is 0 Å². The van der Waals surface area contributed by atoms with Crippen LogP contribution in [0, 0.1) is 0 Å². The molecule has 0 aromatic heterocycles. The Morgan fingerprint density at radius 2 is 1.72 bits per heavy atom. The van der Waals surface area contributed by atoms with Gasteiger partial charge in [-0.05, 0) is 32.0 Å². The number of methoxy groups -OCH3 is 1. The van der Waals surface area contributed by atoms with E-state index < -0.39 is 14.1 Å². The fourth-order valence-corrected chi connectivity index (χ4v) is 2.60. The lowest BCUT2D eigenvalue weighted by Crippen LogP contribution is -2.51. The minimum atomic E-state index is -2.04. The third-order valence-electron chi connectivity index (χ3n) is 3.55. The Hall–Kier alpha value is -0.453. The molecule has 0 aliphatic heterocycles. The summed E-state index contributed by atoms with van der Waals surface area (Å²) < 4.78 is 11.5. The van der Waals surface area contributed by atoms with Crippen LogP contribution in [0.25, 0.3) is 0 Å². The van der Waals surface area contributed by atoms with Crippen molar-refractivity contribution in [3.05, 3.63) is 11.6 Å². The Bertz CT molecular complexity index is 311. The molecule has 0 aromatic carbocycles. The lowest BCUT2D eigenvalue weighted by atomic mass is 10.1. The number of aldehydes is 1. The van der Waals surface area contributed by atoms with Crippen LogP contribution in [0.1, 0.15) is 41.0 Å². The van der Waals surface area contributed by atoms with Gasteiger partial charge in [0.1, 0.15) is 0 Å². The van der Waals surface area contributed by atoms with Gasteiger partial charge in [-0.25, -0.2) is 0 Å². The lowest BCUT2D eigenvalue weighted by Gasteiger charge is -2.42. The Morgan fingerprint density at radius 1 is 1.22 bits per heavy atom. The minimum Gasteiger partial charge on any atom is -0.384 e. The molecule has 1 atom stereocenters. The molecule has 4 heteroatoms. The largest absolute Gasteiger partial charge is 0.384 e. The van der Waals surface area contributed by atoms with Gasteiger partial charge in [-0.2, -0.15) is 0 Å². The summed E-state index contributed by atoms with van der Waals surface area (Å²) in [6, 6.07) is 0. The average molecular weight is 272 g/mol. The summed E-state index contributed by atoms with van der Waals surface area (Å²) in [4.78, 5) is 11.4. The molecule has 0 aliphatic carbocycles. The molecule has 0 fully saturated rings. The first-order valence-electron chi connectivity index (χ1n) is 6.35. The number of carbonyl (C=O) groups is 1. The standard InChI is InChI=1S/C14H28O3Si/c1-12(2)9-10-14(11-15,16-6)17-18(7,8)13(3,4)5/h9,11H,10H2,1-8H3. The molecule has 0 N–H and O–H groups in total. The molecule has 0 aliphatic rings. The summed E-state index contributed by atoms with van der Waals surface area (Å²) >= 11 is 0. The van der Waals surface area contributed by atoms with Crippen molar-refractivity contribution in [2.45, 2.75) is 65.0 Å². The van der Waals surface area contributed by atoms with Crippen LogP contribution in [0.4, 0.5) is 0 Å². The SMILES string of the molecule is COC(C=O)(CC=C(C)C)O[Si](C)(C)C(C)(C)C. The molecule has 0 amide bonds. The Balaban J connectivity index is 5.15. The molecular weight excluding hydrogens is 244 g/mol. The zero-order valence-electron chi connectivity index (χ0n) is 13.1. The van der Waals surface area contributed by atoms with E-state index in [-0.39, 0.29) is 5.04 Å². The number of hydrogen-bond acceptors (Lipinski definition) is 3. The van der Waals surface area contributed by atoms with Gasteiger partial charge in [-0.1, -0.05) is 32.4 Å². The molecule has 0 heterocycles. The van der Waals surface area contributed by atoms with Gasteiger partial charge >= 0.3 is 0 Å². The Kier molecular flexibility index (Phi) is 5.97. The second kappa shape index (κ2) is 6.13. The number of hydrogen-bond donors (Lipinski definition) is 0. The van der Waals surface area contributed by atoms with Crippen LogP contribution < -0.4 is 0 Å². The summed E-state index contributed by atoms with van der Waals surface area (Å²) in [6.07, 6.45) is 3.22. The van der Waals surface area contributed by atoms with Gasteiger partial charge in [0, 0.05) is 13.5 Å². The maximum atomic E-state index is 11.4. The van der Waals surface area contributed by atoms with E-state index in [1.807, 2.05) is 19.9 Å². The summed E-state index contributed by atoms with van der Waals surface area (Å²) in [6.45, 7) is 14.7. The van der Waals surface area contributed by atoms with E-state index in [1.165, 1.54) is 7.11 Å². The van der Waals surface area contributed by atoms with Crippen LogP contribution in [-0.4, -0.2) is 27.5 Å². The highest BCUT2D eigenvalue weighted by Crippen LogP contribution is 2.39. The quantitative estimate of drug-likeness (QED) is 0.318. The molecule has 0 spiro atoms. The van der Waals surface area contributed by atoms with E-state index in [4.69, 9.17) is 9.16 Å². The molecule has 3 nitrogen and oxygen atoms in total. The van der Waals surface area contributed by atoms with Crippen LogP contribution in [-0.2, 0) is 14.0 Å². The van der Waals surface area contributed by atoms with Gasteiger partial charge in [0.15, 0.2) is 14.6 Å². The van der Waals surface area contributed by atoms with E-state index in [2.05, 4.69) is 33.9 Å². The van der Waals surface area contributed by atoms with Crippen molar-refractivity contribution < 1.29 is 14.0 Å². The van der Waals surface area contributed by atoms with Crippen molar-refractivity contribution >= 4 is 14.6 Å². The van der Waals surface area contributed by atoms with Crippen molar-refractivity contribution in [3.63, 3.8) is 0 Å². The number of allylic oxidation sites excluding steroid dienone is 1. The van der Waals surface area contributed by atoms with E-state index >= 15 is 0 Å². The zero-order valence-corrected chi connectivity index (χ0v) is 14.1. The smallest absolute Gasteiger partial charge is 0.219 e. The lowest BCUT2D eigenvalue weighted by molar-refractivity contribution is -0.173. The minimum absolute atomic E-state index is 0.0464. The van der Waals surface area contributed by atoms with Crippen molar-refractivity contribution in [3.8, 4) is 0 Å². The van der Waals surface area contributed by atoms with Crippen LogP contribution in [0.5, 0.6) is 0 Å². The van der Waals surface area contributed by atoms with E-state index in [9.17, 15) is 4.79 Å². The van der Waals surface area contributed by atoms with Crippen LogP contribution in [0.2, 0.25) is 18.1 Å². The highest BCUT2D eigenvalue weighted by atomic mass is 28.4. The summed E-state index contributed by atoms with van der Waals surface area (Å²) in [5.74, 6) is -1.14. The van der Waals surface area contributed by atoms with E-state index in [0.717, 1.165) is 11.9 Å². The molecule has 0 rings (SSSR count). The van der Waals surface area contributed by atoms with Crippen molar-refractivity contribution in [2.75, 3.05) is 7.11 Å². The van der Waals surface area contributed by atoms with Crippen LogP contribution in [0.3, 0.4) is 0 Å². The molecule has 18 heavy (non-hydrogen) atoms. The second-order valence-corrected chi connectivity index (χ2v) is 11.2. The maximum Gasteiger partial charge on any atom is 0.219 e. The van der Waals surface area contributed by atoms with E-state index in [0.29, 0.717) is 6.42 Å². The second-order valence-electron chi connectivity index (χ2n) is 6.48. The topological polar surface area (TPSA) is 35.5 Å². The highest BCUT2D eigenvalue weighted by Gasteiger charge is 2.44. The first-order chi connectivity index (χ1) is 7.99. The molecule has 0 saturated heterocycles. The van der Waals surface area contributed by atoms with Crippen LogP contribution in [0.15, 0.2) is 11.6 Å². The van der Waals surface area contributed by atoms with Crippen LogP contribution >= 0.6 is 0 Å². The Labute approximate surface area is 113 Å². The number of ether oxygens (including phenoxy) is 1. The number of rotatable bonds is 6. The highest BCUT2D eigenvalue weighted by molar-refractivity contribution is 6.74. The summed E-state index contributed by atoms with van der Waals surface area (Å²) in [5, 5.41) is 0.0464. The average Bonchev–Trinajstić information content (AvgIpc) is 2.22. The normalized spacial score (nSPS) is 16.0. The molecule has 0 aromatic rings. The summed E-state index contributed by atoms with van der Waals surface area (Å²) in [7, 11) is -0.512. The van der Waals surface area contributed by atoms with Crippen molar-refractivity contribution in [1.82, 2.24) is 0 Å². The van der Waals surface area contributed by atoms with Crippen molar-refractivity contribution in [1.29, 1.82) is 0 Å². The molecule has 106 valence electrons. The van der Waals surface area contributed by atoms with Gasteiger partial charge in [-0.3, -0.25) is 4.79 Å². The monoisotopic (exact) mass is 272 g/mol. The predicted molar refractivity (Wildman–Crippen MR) is 78.1 cm³/mol. The third-order valence-corrected chi connectivity index (χ3v) is 8.02. The molecule has 1 unspecified atom stereocenters. The fraction of sp³-hybridized carbons (Fsp3) is 0.786. The Morgan fingerprint density at radius 3 is 2.00 bits per heavy atom. The fourth-order valence-electron chi connectivity index (χ4n) is 1.22. The molecule has 0 bridgehead atoms. The maximum absolute atomic E-state index is 11.4. The predicted octanol–water partition coefficient (Wildman–Crippen LogP) is 3.91. The number of carbonyl (C=O) groups excluding carboxylic acids is 1. The molecule has 0 saturated carbocycles. The molecular formula is C14H28O3Si. The zero-order chi connectivity index (χ0) is 14.6. The van der Waals surface area contributed by atoms with Gasteiger partial charge in [0.2, 0.25) is 5.79 Å². The first kappa shape index (κ1) is 17.5. The first-order valence-corrected chi connectivity index (χ1v) is 9.25. The van der Waals surface area contributed by atoms with Gasteiger partial charge in [-0.15, -0.1) is 0 Å². The van der Waals surface area contributed by atoms with Crippen molar-refractivity contribution in [2.24, 2.45) is 0 Å². The van der Waals surface area contributed by atoms with Gasteiger partial charge in [0.25, 0.3) is 0 Å². The molecule has 0 radical (unpaired) electrons. The summed E-state index contributed by atoms with van der Waals surface area (Å²) in [5.41, 5.74) is 1.15. The third kappa shape index (κ3) is 4.67.